The first-order valence-corrected chi connectivity index (χ1v) is 6.77. The summed E-state index contributed by atoms with van der Waals surface area (Å²) in [5.41, 5.74) is 5.90. The highest BCUT2D eigenvalue weighted by molar-refractivity contribution is 14.1. The molecule has 0 aliphatic rings. The Morgan fingerprint density at radius 2 is 1.79 bits per heavy atom. The minimum atomic E-state index is -0.735. The Kier molecular flexibility index (Phi) is 4.31. The molecule has 0 aliphatic heterocycles. The molecular formula is C13H9F2IN2S. The lowest BCUT2D eigenvalue weighted by atomic mass is 10.1. The average molecular weight is 390 g/mol. The third-order valence-corrected chi connectivity index (χ3v) is 3.33. The van der Waals surface area contributed by atoms with E-state index in [1.165, 1.54) is 0 Å². The van der Waals surface area contributed by atoms with E-state index in [0.717, 1.165) is 15.7 Å². The summed E-state index contributed by atoms with van der Waals surface area (Å²) >= 11 is 6.81. The minimum absolute atomic E-state index is 0.0430. The van der Waals surface area contributed by atoms with Crippen molar-refractivity contribution in [3.8, 4) is 0 Å². The van der Waals surface area contributed by atoms with Crippen LogP contribution >= 0.6 is 34.8 Å². The molecule has 0 heterocycles. The summed E-state index contributed by atoms with van der Waals surface area (Å²) in [6.07, 6.45) is 0. The van der Waals surface area contributed by atoms with Crippen molar-refractivity contribution in [1.82, 2.24) is 0 Å². The molecule has 2 rings (SSSR count). The van der Waals surface area contributed by atoms with Gasteiger partial charge in [-0.05, 0) is 52.9 Å². The lowest BCUT2D eigenvalue weighted by molar-refractivity contribution is 0.590. The number of anilines is 2. The van der Waals surface area contributed by atoms with E-state index in [2.05, 4.69) is 27.9 Å². The third-order valence-electron chi connectivity index (χ3n) is 2.42. The molecule has 2 nitrogen and oxygen atoms in total. The Labute approximate surface area is 128 Å². The molecule has 0 unspecified atom stereocenters. The number of rotatable bonds is 3. The first-order chi connectivity index (χ1) is 8.97. The van der Waals surface area contributed by atoms with Crippen LogP contribution in [-0.4, -0.2) is 4.99 Å². The van der Waals surface area contributed by atoms with Crippen LogP contribution in [0.5, 0.6) is 0 Å². The van der Waals surface area contributed by atoms with Gasteiger partial charge in [0, 0.05) is 14.8 Å². The van der Waals surface area contributed by atoms with Crippen LogP contribution in [0.4, 0.5) is 20.2 Å². The zero-order valence-corrected chi connectivity index (χ0v) is 12.6. The van der Waals surface area contributed by atoms with Gasteiger partial charge in [-0.15, -0.1) is 0 Å². The second-order valence-corrected chi connectivity index (χ2v) is 5.50. The topological polar surface area (TPSA) is 38.0 Å². The highest BCUT2D eigenvalue weighted by atomic mass is 127. The van der Waals surface area contributed by atoms with Gasteiger partial charge in [-0.3, -0.25) is 0 Å². The number of benzene rings is 2. The zero-order chi connectivity index (χ0) is 14.0. The highest BCUT2D eigenvalue weighted by Crippen LogP contribution is 2.25. The third kappa shape index (κ3) is 3.38. The van der Waals surface area contributed by atoms with Gasteiger partial charge in [0.1, 0.15) is 22.3 Å². The van der Waals surface area contributed by atoms with E-state index >= 15 is 0 Å². The van der Waals surface area contributed by atoms with Crippen LogP contribution in [-0.2, 0) is 0 Å². The van der Waals surface area contributed by atoms with E-state index < -0.39 is 11.6 Å². The summed E-state index contributed by atoms with van der Waals surface area (Å²) in [5, 5.41) is 2.71. The van der Waals surface area contributed by atoms with Crippen molar-refractivity contribution in [1.29, 1.82) is 0 Å². The summed E-state index contributed by atoms with van der Waals surface area (Å²) in [6, 6.07) is 9.41. The molecular weight excluding hydrogens is 381 g/mol. The Morgan fingerprint density at radius 3 is 2.32 bits per heavy atom. The molecule has 0 bridgehead atoms. The summed E-state index contributed by atoms with van der Waals surface area (Å²) < 4.78 is 28.6. The first-order valence-electron chi connectivity index (χ1n) is 5.29. The van der Waals surface area contributed by atoms with E-state index in [0.29, 0.717) is 5.69 Å². The van der Waals surface area contributed by atoms with Gasteiger partial charge in [0.15, 0.2) is 0 Å². The van der Waals surface area contributed by atoms with Gasteiger partial charge < -0.3 is 11.1 Å². The van der Waals surface area contributed by atoms with Crippen molar-refractivity contribution in [2.24, 2.45) is 5.73 Å². The van der Waals surface area contributed by atoms with Crippen molar-refractivity contribution >= 4 is 51.2 Å². The molecule has 0 fully saturated rings. The second-order valence-electron chi connectivity index (χ2n) is 3.81. The Balaban J connectivity index is 2.38. The average Bonchev–Trinajstić information content (AvgIpc) is 2.33. The number of hydrogen-bond acceptors (Lipinski definition) is 2. The lowest BCUT2D eigenvalue weighted by Crippen LogP contribution is -2.11. The van der Waals surface area contributed by atoms with Crippen molar-refractivity contribution in [2.45, 2.75) is 0 Å². The maximum Gasteiger partial charge on any atom is 0.150 e. The number of thiocarbonyl (C=S) groups is 1. The maximum absolute atomic E-state index is 13.8. The van der Waals surface area contributed by atoms with E-state index in [1.54, 1.807) is 18.2 Å². The monoisotopic (exact) mass is 390 g/mol. The summed E-state index contributed by atoms with van der Waals surface area (Å²) in [7, 11) is 0. The molecule has 0 aromatic heterocycles. The number of nitrogens with one attached hydrogen (secondary N) is 1. The lowest BCUT2D eigenvalue weighted by Gasteiger charge is -2.10. The molecule has 0 radical (unpaired) electrons. The van der Waals surface area contributed by atoms with Gasteiger partial charge in [0.2, 0.25) is 0 Å². The van der Waals surface area contributed by atoms with Crippen LogP contribution in [0.15, 0.2) is 36.4 Å². The minimum Gasteiger partial charge on any atom is -0.389 e. The summed E-state index contributed by atoms with van der Waals surface area (Å²) in [6.45, 7) is 0. The molecule has 98 valence electrons. The number of nitrogens with two attached hydrogens (primary N) is 1. The van der Waals surface area contributed by atoms with Crippen molar-refractivity contribution in [2.75, 3.05) is 5.32 Å². The molecule has 2 aromatic carbocycles. The standard InChI is InChI=1S/C13H9F2IN2S/c14-10-4-7(13(17)19)5-11(15)12(10)18-9-3-1-2-8(16)6-9/h1-6,18H,(H2,17,19). The van der Waals surface area contributed by atoms with Crippen LogP contribution in [0.3, 0.4) is 0 Å². The fraction of sp³-hybridized carbons (Fsp3) is 0. The van der Waals surface area contributed by atoms with Gasteiger partial charge >= 0.3 is 0 Å². The Morgan fingerprint density at radius 1 is 1.16 bits per heavy atom. The predicted octanol–water partition coefficient (Wildman–Crippen LogP) is 3.95. The van der Waals surface area contributed by atoms with Crippen LogP contribution in [0.25, 0.3) is 0 Å². The SMILES string of the molecule is NC(=S)c1cc(F)c(Nc2cccc(I)c2)c(F)c1. The van der Waals surface area contributed by atoms with Crippen LogP contribution in [0, 0.1) is 15.2 Å². The normalized spacial score (nSPS) is 10.3. The highest BCUT2D eigenvalue weighted by Gasteiger charge is 2.12. The smallest absolute Gasteiger partial charge is 0.150 e. The van der Waals surface area contributed by atoms with Crippen molar-refractivity contribution < 1.29 is 8.78 Å². The summed E-state index contributed by atoms with van der Waals surface area (Å²) in [4.78, 5) is -0.0430. The molecule has 19 heavy (non-hydrogen) atoms. The van der Waals surface area contributed by atoms with Crippen LogP contribution in [0.2, 0.25) is 0 Å². The van der Waals surface area contributed by atoms with Crippen LogP contribution < -0.4 is 11.1 Å². The Bertz CT molecular complexity index is 623. The molecule has 0 spiro atoms. The maximum atomic E-state index is 13.8. The van der Waals surface area contributed by atoms with Gasteiger partial charge in [-0.2, -0.15) is 0 Å². The molecule has 3 N–H and O–H groups in total. The summed E-state index contributed by atoms with van der Waals surface area (Å²) in [5.74, 6) is -1.47. The molecule has 2 aromatic rings. The van der Waals surface area contributed by atoms with Crippen LogP contribution in [0.1, 0.15) is 5.56 Å². The van der Waals surface area contributed by atoms with E-state index in [9.17, 15) is 8.78 Å². The number of hydrogen-bond donors (Lipinski definition) is 2. The zero-order valence-electron chi connectivity index (χ0n) is 9.58. The van der Waals surface area contributed by atoms with Gasteiger partial charge in [0.25, 0.3) is 0 Å². The van der Waals surface area contributed by atoms with Gasteiger partial charge in [-0.1, -0.05) is 18.3 Å². The molecule has 0 saturated heterocycles. The van der Waals surface area contributed by atoms with Gasteiger partial charge in [0.05, 0.1) is 0 Å². The first kappa shape index (κ1) is 14.1. The fourth-order valence-corrected chi connectivity index (χ4v) is 2.21. The second kappa shape index (κ2) is 5.79. The molecule has 0 atom stereocenters. The molecule has 0 saturated carbocycles. The quantitative estimate of drug-likeness (QED) is 0.616. The number of halogens is 3. The predicted molar refractivity (Wildman–Crippen MR) is 84.7 cm³/mol. The van der Waals surface area contributed by atoms with Crippen molar-refractivity contribution in [3.63, 3.8) is 0 Å². The Hall–Kier alpha value is -1.28. The van der Waals surface area contributed by atoms with Gasteiger partial charge in [-0.25, -0.2) is 8.78 Å². The fourth-order valence-electron chi connectivity index (χ4n) is 1.55. The van der Waals surface area contributed by atoms with Crippen molar-refractivity contribution in [3.05, 3.63) is 57.2 Å². The molecule has 0 aliphatic carbocycles. The molecule has 6 heteroatoms. The largest absolute Gasteiger partial charge is 0.389 e. The molecule has 0 amide bonds. The van der Waals surface area contributed by atoms with E-state index in [1.807, 2.05) is 6.07 Å². The van der Waals surface area contributed by atoms with E-state index in [4.69, 9.17) is 18.0 Å². The van der Waals surface area contributed by atoms with E-state index in [-0.39, 0.29) is 16.2 Å².